The van der Waals surface area contributed by atoms with E-state index in [0.717, 1.165) is 50.5 Å². The number of benzene rings is 4. The Labute approximate surface area is 280 Å². The van der Waals surface area contributed by atoms with Crippen LogP contribution in [0.25, 0.3) is 55.7 Å². The largest absolute Gasteiger partial charge is 0.457 e. The van der Waals surface area contributed by atoms with Gasteiger partial charge in [-0.05, 0) is 77.9 Å². The van der Waals surface area contributed by atoms with Crippen molar-refractivity contribution in [2.45, 2.75) is 46.5 Å². The number of rotatable bonds is 7. The molecular weight excluding hydrogens is 590 g/mol. The molecule has 8 aromatic rings. The summed E-state index contributed by atoms with van der Waals surface area (Å²) < 4.78 is 11.1. The van der Waals surface area contributed by atoms with Gasteiger partial charge in [-0.1, -0.05) is 76.2 Å². The van der Waals surface area contributed by atoms with Gasteiger partial charge in [0.2, 0.25) is 0 Å². The Morgan fingerprint density at radius 2 is 1.33 bits per heavy atom. The fourth-order valence-electron chi connectivity index (χ4n) is 6.83. The second-order valence-electron chi connectivity index (χ2n) is 13.1. The number of para-hydroxylation sites is 2. The van der Waals surface area contributed by atoms with Crippen LogP contribution in [0.2, 0.25) is 0 Å². The highest BCUT2D eigenvalue weighted by atomic mass is 16.5. The summed E-state index contributed by atoms with van der Waals surface area (Å²) >= 11 is 0. The highest BCUT2D eigenvalue weighted by molar-refractivity contribution is 6.09. The van der Waals surface area contributed by atoms with Crippen molar-refractivity contribution < 1.29 is 4.74 Å². The average Bonchev–Trinajstić information content (AvgIpc) is 3.67. The smallest absolute Gasteiger partial charge is 0.142 e. The van der Waals surface area contributed by atoms with Crippen molar-refractivity contribution in [3.8, 4) is 34.4 Å². The Morgan fingerprint density at radius 1 is 0.604 bits per heavy atom. The van der Waals surface area contributed by atoms with Gasteiger partial charge in [-0.3, -0.25) is 9.13 Å². The molecule has 4 aromatic carbocycles. The van der Waals surface area contributed by atoms with Crippen LogP contribution in [-0.2, 0) is 0 Å². The van der Waals surface area contributed by atoms with Crippen molar-refractivity contribution in [2.75, 3.05) is 0 Å². The lowest BCUT2D eigenvalue weighted by molar-refractivity contribution is 0.482. The lowest BCUT2D eigenvalue weighted by atomic mass is 9.87. The molecule has 0 N–H and O–H groups in total. The topological polar surface area (TPSA) is 57.8 Å². The van der Waals surface area contributed by atoms with Gasteiger partial charge in [-0.25, -0.2) is 15.0 Å². The molecule has 0 amide bonds. The van der Waals surface area contributed by atoms with Crippen molar-refractivity contribution in [3.63, 3.8) is 0 Å². The van der Waals surface area contributed by atoms with Crippen molar-refractivity contribution in [3.05, 3.63) is 138 Å². The predicted molar refractivity (Wildman–Crippen MR) is 196 cm³/mol. The molecule has 236 valence electrons. The van der Waals surface area contributed by atoms with Gasteiger partial charge < -0.3 is 4.74 Å². The van der Waals surface area contributed by atoms with Gasteiger partial charge in [0.1, 0.15) is 29.5 Å². The van der Waals surface area contributed by atoms with E-state index >= 15 is 0 Å². The summed E-state index contributed by atoms with van der Waals surface area (Å²) in [7, 11) is 0. The lowest BCUT2D eigenvalue weighted by Crippen LogP contribution is -2.04. The zero-order valence-corrected chi connectivity index (χ0v) is 27.8. The molecule has 0 unspecified atom stereocenters. The first-order valence-electron chi connectivity index (χ1n) is 16.6. The molecule has 0 saturated carbocycles. The zero-order chi connectivity index (χ0) is 32.9. The molecule has 0 fully saturated rings. The first-order valence-corrected chi connectivity index (χ1v) is 16.6. The maximum Gasteiger partial charge on any atom is 0.142 e. The van der Waals surface area contributed by atoms with Gasteiger partial charge in [0.05, 0.1) is 27.8 Å². The highest BCUT2D eigenvalue weighted by Crippen LogP contribution is 2.39. The summed E-state index contributed by atoms with van der Waals surface area (Å²) in [5, 5.41) is 2.33. The van der Waals surface area contributed by atoms with Crippen LogP contribution in [0, 0.1) is 6.92 Å². The number of fused-ring (bicyclic) bond motifs is 4. The summed E-state index contributed by atoms with van der Waals surface area (Å²) in [5.41, 5.74) is 9.85. The zero-order valence-electron chi connectivity index (χ0n) is 27.8. The SMILES string of the molecule is Cc1ccc2c3ccc(Oc4cc(-c5c(C(C)C)cccc5C(C)C)nc(-n5cnc6ccccc65)c4)cc3n(-c3ccccn3)c2c1. The molecule has 0 spiro atoms. The number of pyridine rings is 2. The number of hydrogen-bond acceptors (Lipinski definition) is 4. The maximum atomic E-state index is 6.80. The number of aryl methyl sites for hydroxylation is 1. The molecule has 0 bridgehead atoms. The third kappa shape index (κ3) is 5.10. The first kappa shape index (κ1) is 29.6. The normalized spacial score (nSPS) is 11.8. The quantitative estimate of drug-likeness (QED) is 0.176. The molecule has 0 aliphatic rings. The molecular formula is C42H37N5O. The summed E-state index contributed by atoms with van der Waals surface area (Å²) in [5.74, 6) is 3.70. The summed E-state index contributed by atoms with van der Waals surface area (Å²) in [6, 6.07) is 37.8. The molecule has 8 rings (SSSR count). The van der Waals surface area contributed by atoms with E-state index in [-0.39, 0.29) is 0 Å². The minimum atomic E-state index is 0.321. The van der Waals surface area contributed by atoms with Gasteiger partial charge in [-0.15, -0.1) is 0 Å². The van der Waals surface area contributed by atoms with Crippen molar-refractivity contribution in [1.82, 2.24) is 24.1 Å². The van der Waals surface area contributed by atoms with Crippen molar-refractivity contribution in [2.24, 2.45) is 0 Å². The van der Waals surface area contributed by atoms with E-state index in [9.17, 15) is 0 Å². The monoisotopic (exact) mass is 627 g/mol. The maximum absolute atomic E-state index is 6.80. The van der Waals surface area contributed by atoms with Crippen LogP contribution >= 0.6 is 0 Å². The number of imidazole rings is 1. The summed E-state index contributed by atoms with van der Waals surface area (Å²) in [4.78, 5) is 14.7. The fourth-order valence-corrected chi connectivity index (χ4v) is 6.83. The van der Waals surface area contributed by atoms with Gasteiger partial charge in [0, 0.05) is 40.7 Å². The minimum Gasteiger partial charge on any atom is -0.457 e. The Morgan fingerprint density at radius 3 is 2.08 bits per heavy atom. The Bertz CT molecular complexity index is 2430. The van der Waals surface area contributed by atoms with Gasteiger partial charge >= 0.3 is 0 Å². The molecule has 6 nitrogen and oxygen atoms in total. The highest BCUT2D eigenvalue weighted by Gasteiger charge is 2.20. The van der Waals surface area contributed by atoms with Crippen LogP contribution in [0.4, 0.5) is 0 Å². The minimum absolute atomic E-state index is 0.321. The average molecular weight is 628 g/mol. The van der Waals surface area contributed by atoms with E-state index < -0.39 is 0 Å². The molecule has 4 heterocycles. The van der Waals surface area contributed by atoms with E-state index in [4.69, 9.17) is 14.7 Å². The van der Waals surface area contributed by atoms with Gasteiger partial charge in [0.15, 0.2) is 0 Å². The van der Waals surface area contributed by atoms with Crippen LogP contribution in [0.1, 0.15) is 56.2 Å². The molecule has 0 radical (unpaired) electrons. The van der Waals surface area contributed by atoms with E-state index in [1.165, 1.54) is 27.6 Å². The number of aromatic nitrogens is 5. The second kappa shape index (κ2) is 11.8. The standard InChI is InChI=1S/C42H37N5O/c1-26(2)31-11-10-12-32(27(3)4)42(31)36-22-30(24-41(45-36)46-25-44-35-13-6-7-14-37(35)46)48-29-17-19-34-33-18-16-28(5)21-38(33)47(39(34)23-29)40-15-8-9-20-43-40/h6-27H,1-5H3. The number of ether oxygens (including phenoxy) is 1. The molecule has 4 aromatic heterocycles. The number of nitrogens with zero attached hydrogens (tertiary/aromatic N) is 5. The van der Waals surface area contributed by atoms with Crippen molar-refractivity contribution in [1.29, 1.82) is 0 Å². The van der Waals surface area contributed by atoms with Crippen LogP contribution in [0.15, 0.2) is 122 Å². The Kier molecular flexibility index (Phi) is 7.29. The molecule has 6 heteroatoms. The van der Waals surface area contributed by atoms with E-state index in [2.05, 4.69) is 111 Å². The molecule has 0 saturated heterocycles. The molecule has 48 heavy (non-hydrogen) atoms. The van der Waals surface area contributed by atoms with Crippen LogP contribution in [0.3, 0.4) is 0 Å². The first-order chi connectivity index (χ1) is 23.4. The summed E-state index contributed by atoms with van der Waals surface area (Å²) in [6.45, 7) is 11.1. The Hall–Kier alpha value is -5.75. The third-order valence-electron chi connectivity index (χ3n) is 9.12. The molecule has 0 aliphatic heterocycles. The number of hydrogen-bond donors (Lipinski definition) is 0. The van der Waals surface area contributed by atoms with Crippen LogP contribution in [0.5, 0.6) is 11.5 Å². The lowest BCUT2D eigenvalue weighted by Gasteiger charge is -2.20. The Balaban J connectivity index is 1.33. The van der Waals surface area contributed by atoms with Crippen LogP contribution < -0.4 is 4.74 Å². The van der Waals surface area contributed by atoms with E-state index in [0.29, 0.717) is 17.6 Å². The van der Waals surface area contributed by atoms with Crippen LogP contribution in [-0.4, -0.2) is 24.1 Å². The van der Waals surface area contributed by atoms with Crippen molar-refractivity contribution >= 4 is 32.8 Å². The van der Waals surface area contributed by atoms with E-state index in [1.807, 2.05) is 59.6 Å². The van der Waals surface area contributed by atoms with E-state index in [1.54, 1.807) is 0 Å². The third-order valence-corrected chi connectivity index (χ3v) is 9.12. The summed E-state index contributed by atoms with van der Waals surface area (Å²) in [6.07, 6.45) is 3.68. The van der Waals surface area contributed by atoms with Gasteiger partial charge in [0.25, 0.3) is 0 Å². The molecule has 0 aliphatic carbocycles. The second-order valence-corrected chi connectivity index (χ2v) is 13.1. The predicted octanol–water partition coefficient (Wildman–Crippen LogP) is 10.9. The fraction of sp³-hybridized carbons (Fsp3) is 0.167. The van der Waals surface area contributed by atoms with Gasteiger partial charge in [-0.2, -0.15) is 0 Å². The molecule has 0 atom stereocenters.